The number of carbonyl (C=O) groups excluding carboxylic acids is 2. The van der Waals surface area contributed by atoms with Crippen molar-refractivity contribution in [3.05, 3.63) is 115 Å². The van der Waals surface area contributed by atoms with E-state index in [1.54, 1.807) is 12.1 Å². The maximum absolute atomic E-state index is 12.8. The number of para-hydroxylation sites is 3. The molecule has 3 aromatic carbocycles. The lowest BCUT2D eigenvalue weighted by Gasteiger charge is -2.34. The molecule has 2 aliphatic rings. The lowest BCUT2D eigenvalue weighted by atomic mass is 9.95. The van der Waals surface area contributed by atoms with Crippen molar-refractivity contribution in [1.29, 1.82) is 0 Å². The summed E-state index contributed by atoms with van der Waals surface area (Å²) < 4.78 is 8.59. The number of aliphatic hydroxyl groups is 1. The van der Waals surface area contributed by atoms with Gasteiger partial charge < -0.3 is 33.6 Å². The van der Waals surface area contributed by atoms with Gasteiger partial charge in [-0.25, -0.2) is 19.9 Å². The molecule has 20 heteroatoms. The largest absolute Gasteiger partial charge is 0.390 e. The van der Waals surface area contributed by atoms with Crippen molar-refractivity contribution in [1.82, 2.24) is 48.4 Å². The molecular weight excluding hydrogens is 1330 g/mol. The van der Waals surface area contributed by atoms with Crippen LogP contribution in [0.5, 0.6) is 0 Å². The van der Waals surface area contributed by atoms with Crippen LogP contribution in [0.4, 0.5) is 11.4 Å². The van der Waals surface area contributed by atoms with E-state index in [2.05, 4.69) is 205 Å². The van der Waals surface area contributed by atoms with E-state index < -0.39 is 0 Å². The molecule has 1 aliphatic carbocycles. The highest BCUT2D eigenvalue weighted by Crippen LogP contribution is 2.42. The third-order valence-corrected chi connectivity index (χ3v) is 19.3. The number of hydrogen-bond donors (Lipinski definition) is 2. The third-order valence-electron chi connectivity index (χ3n) is 18.7. The van der Waals surface area contributed by atoms with Gasteiger partial charge in [-0.3, -0.25) is 29.6 Å². The van der Waals surface area contributed by atoms with Gasteiger partial charge in [0.1, 0.15) is 46.1 Å². The van der Waals surface area contributed by atoms with Crippen LogP contribution in [0.25, 0.3) is 33.5 Å². The number of fused-ring (bicyclic) bond motifs is 2. The fraction of sp³-hybridized carbons (Fsp3) is 0.651. The van der Waals surface area contributed by atoms with Crippen LogP contribution in [0.15, 0.2) is 59.6 Å². The molecule has 1 amide bonds. The Hall–Kier alpha value is -6.47. The molecule has 0 radical (unpaired) electrons. The number of nitro benzene ring substituents is 1. The summed E-state index contributed by atoms with van der Waals surface area (Å²) in [5.74, 6) is 6.07. The Kier molecular flexibility index (Phi) is 32.1. The van der Waals surface area contributed by atoms with E-state index in [0.29, 0.717) is 27.7 Å². The number of aryl methyl sites for hydroxylation is 6. The molecule has 4 aromatic heterocycles. The van der Waals surface area contributed by atoms with E-state index in [-0.39, 0.29) is 61.9 Å². The molecule has 1 saturated carbocycles. The second-order valence-corrected chi connectivity index (χ2v) is 35.1. The summed E-state index contributed by atoms with van der Waals surface area (Å²) in [5, 5.41) is 24.6. The van der Waals surface area contributed by atoms with Crippen LogP contribution in [0.3, 0.4) is 0 Å². The minimum Gasteiger partial charge on any atom is -0.390 e. The number of rotatable bonds is 18. The van der Waals surface area contributed by atoms with Crippen LogP contribution in [0.1, 0.15) is 295 Å². The van der Waals surface area contributed by atoms with E-state index in [9.17, 15) is 24.8 Å². The highest BCUT2D eigenvalue weighted by molar-refractivity contribution is 6.31. The zero-order chi connectivity index (χ0) is 78.3. The van der Waals surface area contributed by atoms with Crippen molar-refractivity contribution in [2.75, 3.05) is 11.9 Å². The number of amides is 1. The lowest BCUT2D eigenvalue weighted by Crippen LogP contribution is -2.50. The summed E-state index contributed by atoms with van der Waals surface area (Å²) >= 11 is 12.0. The first kappa shape index (κ1) is 88.9. The van der Waals surface area contributed by atoms with E-state index >= 15 is 0 Å². The number of hydrogen-bond acceptors (Lipinski definition) is 12. The predicted octanol–water partition coefficient (Wildman–Crippen LogP) is 21.3. The van der Waals surface area contributed by atoms with Gasteiger partial charge in [-0.1, -0.05) is 121 Å². The third kappa shape index (κ3) is 23.5. The number of nitrogens with zero attached hydrogens (tertiary/aromatic N) is 12. The average molecular weight is 1460 g/mol. The number of nitro groups is 1. The average Bonchev–Trinajstić information content (AvgIpc) is 1.61. The summed E-state index contributed by atoms with van der Waals surface area (Å²) in [7, 11) is 3.98. The zero-order valence-corrected chi connectivity index (χ0v) is 70.5. The number of aromatic nitrogens is 8. The quantitative estimate of drug-likeness (QED) is 0.0471. The molecule has 1 spiro atoms. The van der Waals surface area contributed by atoms with Crippen molar-refractivity contribution in [2.45, 2.75) is 335 Å². The number of nitrogens with one attached hydrogen (secondary N) is 1. The van der Waals surface area contributed by atoms with Crippen molar-refractivity contribution in [2.24, 2.45) is 18.0 Å². The number of aliphatic hydroxyl groups excluding tert-OH is 1. The number of aliphatic imine (C=N–C) groups is 1. The normalized spacial score (nSPS) is 14.3. The Balaban J connectivity index is 0.000000269. The number of carbonyl (C=O) groups is 2. The number of aldehydes is 1. The molecule has 5 heterocycles. The monoisotopic (exact) mass is 1460 g/mol. The summed E-state index contributed by atoms with van der Waals surface area (Å²) in [5.41, 5.74) is 9.14. The van der Waals surface area contributed by atoms with Gasteiger partial charge in [-0.05, 0) is 225 Å². The molecule has 0 saturated heterocycles. The summed E-state index contributed by atoms with van der Waals surface area (Å²) in [6, 6.07) is 18.6. The van der Waals surface area contributed by atoms with Gasteiger partial charge in [0.2, 0.25) is 0 Å². The fourth-order valence-electron chi connectivity index (χ4n) is 13.3. The molecule has 2 N–H and O–H groups in total. The van der Waals surface area contributed by atoms with E-state index in [1.165, 1.54) is 16.9 Å². The Morgan fingerprint density at radius 1 is 0.660 bits per heavy atom. The Bertz CT molecular complexity index is 3930. The standard InChI is InChI=1S/C23H28N4.C15H26N2O.C12H21ClN2O.C12H19ClN2O.C12H18N2O2.C9H21N/c1-7-10-20-25-21-15(2)13-16(14-19(21)27(20)23(3,4)5)22-24-17-11-8-9-12-18(17)26(22)6;1-5-6-9-12-16-15(10-7-8-11-15)13(18)17(12)14(2,3)4;2*1-5-6-7-10-14-11(13)9(8-16)15(10)12(2,3)4;1-9-7-6-8-10(14(15)16)11(9)13(5)12(2,3)4;1-7(2)8(3)10-9(4,5)6/h8-9,11-14H,7,10H2,1-6H3;5-11H2,1-4H3;16H,5-8H2,1-4H3;8H,5-7H2,1-4H3;6-8H,1-5H3;7-8,10H,1-6H3/t;;;;;8-/m.....1/s1. The molecule has 0 unspecified atom stereocenters. The molecule has 1 fully saturated rings. The molecule has 9 rings (SSSR count). The van der Waals surface area contributed by atoms with E-state index in [4.69, 9.17) is 38.2 Å². The maximum atomic E-state index is 12.8. The molecule has 574 valence electrons. The number of imidazole rings is 4. The Labute approximate surface area is 630 Å². The van der Waals surface area contributed by atoms with Crippen LogP contribution in [0, 0.1) is 29.9 Å². The molecule has 103 heavy (non-hydrogen) atoms. The van der Waals surface area contributed by atoms with Gasteiger partial charge >= 0.3 is 0 Å². The molecule has 0 bridgehead atoms. The fourth-order valence-corrected chi connectivity index (χ4v) is 13.8. The van der Waals surface area contributed by atoms with Crippen LogP contribution in [-0.2, 0) is 54.3 Å². The number of halogens is 2. The first-order chi connectivity index (χ1) is 47.6. The van der Waals surface area contributed by atoms with Gasteiger partial charge in [-0.15, -0.1) is 0 Å². The van der Waals surface area contributed by atoms with Crippen molar-refractivity contribution in [3.8, 4) is 11.4 Å². The highest BCUT2D eigenvalue weighted by atomic mass is 35.5. The first-order valence-corrected chi connectivity index (χ1v) is 38.6. The lowest BCUT2D eigenvalue weighted by molar-refractivity contribution is -0.384. The van der Waals surface area contributed by atoms with Gasteiger partial charge in [0.05, 0.1) is 39.3 Å². The number of benzene rings is 3. The van der Waals surface area contributed by atoms with Crippen molar-refractivity contribution in [3.63, 3.8) is 0 Å². The SMILES string of the molecule is CC(C)[C@@H](C)NC(C)(C)C.CCCCC1=NC2(CCCC2)C(=O)N1C(C)(C)C.CCCCc1nc(Cl)c(C=O)n1C(C)(C)C.CCCCc1nc(Cl)c(CO)n1C(C)(C)C.CCCc1nc2c(C)cc(-c3nc4ccccc4n3C)cc2n1C(C)(C)C.Cc1cccc([N+](=O)[O-])c1N(C)C(C)(C)C. The minimum absolute atomic E-state index is 0.0172. The predicted molar refractivity (Wildman–Crippen MR) is 434 cm³/mol. The first-order valence-electron chi connectivity index (χ1n) is 37.9. The van der Waals surface area contributed by atoms with Gasteiger partial charge in [0, 0.05) is 90.7 Å². The van der Waals surface area contributed by atoms with Gasteiger partial charge in [-0.2, -0.15) is 0 Å². The van der Waals surface area contributed by atoms with E-state index in [0.717, 1.165) is 165 Å². The van der Waals surface area contributed by atoms with Crippen LogP contribution < -0.4 is 10.2 Å². The highest BCUT2D eigenvalue weighted by Gasteiger charge is 2.52. The number of unbranched alkanes of at least 4 members (excludes halogenated alkanes) is 3. The molecule has 1 atom stereocenters. The van der Waals surface area contributed by atoms with Crippen LogP contribution >= 0.6 is 23.2 Å². The molecule has 18 nitrogen and oxygen atoms in total. The molecule has 7 aromatic rings. The number of amidine groups is 1. The summed E-state index contributed by atoms with van der Waals surface area (Å²) in [6.07, 6.45) is 16.4. The minimum atomic E-state index is -0.379. The topological polar surface area (TPSA) is 200 Å². The summed E-state index contributed by atoms with van der Waals surface area (Å²) in [4.78, 5) is 61.8. The Morgan fingerprint density at radius 2 is 1.18 bits per heavy atom. The molecule has 1 aliphatic heterocycles. The van der Waals surface area contributed by atoms with E-state index in [1.807, 2.05) is 82.0 Å². The Morgan fingerprint density at radius 3 is 1.64 bits per heavy atom. The van der Waals surface area contributed by atoms with Crippen LogP contribution in [-0.4, -0.2) is 106 Å². The smallest absolute Gasteiger partial charge is 0.292 e. The molecular formula is C83H133Cl2N13O5. The van der Waals surface area contributed by atoms with Crippen LogP contribution in [0.2, 0.25) is 10.3 Å². The maximum Gasteiger partial charge on any atom is 0.292 e. The summed E-state index contributed by atoms with van der Waals surface area (Å²) in [6.45, 7) is 57.6. The van der Waals surface area contributed by atoms with Gasteiger partial charge in [0.25, 0.3) is 11.6 Å². The second kappa shape index (κ2) is 37.2. The number of anilines is 1. The zero-order valence-electron chi connectivity index (χ0n) is 68.9. The van der Waals surface area contributed by atoms with Crippen molar-refractivity contribution < 1.29 is 19.6 Å². The van der Waals surface area contributed by atoms with Crippen molar-refractivity contribution >= 4 is 74.7 Å². The second-order valence-electron chi connectivity index (χ2n) is 34.4. The van der Waals surface area contributed by atoms with Gasteiger partial charge in [0.15, 0.2) is 16.6 Å².